The number of benzene rings is 6. The van der Waals surface area contributed by atoms with Gasteiger partial charge in [-0.2, -0.15) is 0 Å². The van der Waals surface area contributed by atoms with Gasteiger partial charge in [-0.05, 0) is 59.5 Å². The lowest BCUT2D eigenvalue weighted by molar-refractivity contribution is 1.18. The maximum atomic E-state index is 5.46. The number of rotatable bonds is 4. The van der Waals surface area contributed by atoms with Crippen molar-refractivity contribution in [3.8, 4) is 0 Å². The van der Waals surface area contributed by atoms with E-state index < -0.39 is 0 Å². The van der Waals surface area contributed by atoms with E-state index in [0.29, 0.717) is 0 Å². The minimum absolute atomic E-state index is 0.193. The minimum atomic E-state index is -0.198. The molecule has 0 N–H and O–H groups in total. The van der Waals surface area contributed by atoms with Gasteiger partial charge in [-0.1, -0.05) is 121 Å². The van der Waals surface area contributed by atoms with Crippen molar-refractivity contribution in [2.45, 2.75) is 0 Å². The fourth-order valence-corrected chi connectivity index (χ4v) is 6.49. The van der Waals surface area contributed by atoms with Gasteiger partial charge in [0, 0.05) is 11.4 Å². The smallest absolute Gasteiger partial charge is 0.373 e. The molecule has 6 heteroatoms. The quantitative estimate of drug-likeness (QED) is 0.238. The lowest BCUT2D eigenvalue weighted by Gasteiger charge is -2.42. The first-order valence-electron chi connectivity index (χ1n) is 14.7. The molecule has 7 aromatic rings. The normalized spacial score (nSPS) is 12.9. The summed E-state index contributed by atoms with van der Waals surface area (Å²) in [6.45, 7) is -0.391. The molecule has 43 heavy (non-hydrogen) atoms. The monoisotopic (exact) mass is 550 g/mol. The van der Waals surface area contributed by atoms with Gasteiger partial charge in [0.15, 0.2) is 0 Å². The fraction of sp³-hybridized carbons (Fsp3) is 0. The van der Waals surface area contributed by atoms with Crippen LogP contribution in [0.25, 0.3) is 11.0 Å². The second kappa shape index (κ2) is 10.7. The van der Waals surface area contributed by atoms with Gasteiger partial charge in [-0.3, -0.25) is 0 Å². The highest BCUT2D eigenvalue weighted by Crippen LogP contribution is 2.41. The Bertz CT molecular complexity index is 2000. The van der Waals surface area contributed by atoms with Crippen molar-refractivity contribution in [1.82, 2.24) is 9.46 Å². The highest BCUT2D eigenvalue weighted by atomic mass is 15.2. The van der Waals surface area contributed by atoms with Crippen LogP contribution in [-0.2, 0) is 0 Å². The van der Waals surface area contributed by atoms with E-state index in [2.05, 4.69) is 184 Å². The van der Waals surface area contributed by atoms with Crippen molar-refractivity contribution in [2.75, 3.05) is 9.62 Å². The summed E-state index contributed by atoms with van der Waals surface area (Å²) >= 11 is 0. The molecule has 0 radical (unpaired) electrons. The number of hydrogen-bond donors (Lipinski definition) is 0. The molecule has 202 valence electrons. The molecular formula is C37H28B2N4. The Morgan fingerprint density at radius 2 is 0.884 bits per heavy atom. The second-order valence-corrected chi connectivity index (χ2v) is 10.8. The molecular weight excluding hydrogens is 522 g/mol. The van der Waals surface area contributed by atoms with Gasteiger partial charge in [-0.25, -0.2) is 4.98 Å². The number of aromatic nitrogens is 2. The number of hydrogen-bond acceptors (Lipinski definition) is 3. The Labute approximate surface area is 252 Å². The largest absolute Gasteiger partial charge is 0.421 e. The third kappa shape index (κ3) is 4.31. The van der Waals surface area contributed by atoms with Crippen molar-refractivity contribution in [3.63, 3.8) is 0 Å². The van der Waals surface area contributed by atoms with Crippen molar-refractivity contribution >= 4 is 64.3 Å². The fourth-order valence-electron chi connectivity index (χ4n) is 6.49. The molecule has 1 aromatic heterocycles. The summed E-state index contributed by atoms with van der Waals surface area (Å²) in [6, 6.07) is 60.3. The van der Waals surface area contributed by atoms with Crippen LogP contribution in [0.1, 0.15) is 0 Å². The van der Waals surface area contributed by atoms with Gasteiger partial charge in [0.25, 0.3) is 0 Å². The molecule has 0 amide bonds. The lowest BCUT2D eigenvalue weighted by atomic mass is 9.50. The predicted molar refractivity (Wildman–Crippen MR) is 182 cm³/mol. The Hall–Kier alpha value is -5.48. The number of fused-ring (bicyclic) bond motifs is 4. The van der Waals surface area contributed by atoms with E-state index in [1.165, 1.54) is 10.9 Å². The number of imidazole rings is 1. The Balaban J connectivity index is 1.56. The van der Waals surface area contributed by atoms with Crippen LogP contribution in [0.15, 0.2) is 170 Å². The second-order valence-electron chi connectivity index (χ2n) is 10.8. The Morgan fingerprint density at radius 1 is 0.419 bits per heavy atom. The molecule has 0 unspecified atom stereocenters. The van der Waals surface area contributed by atoms with Crippen molar-refractivity contribution in [3.05, 3.63) is 170 Å². The number of para-hydroxylation sites is 6. The molecule has 1 aliphatic rings. The summed E-state index contributed by atoms with van der Waals surface area (Å²) in [5.74, 6) is 0. The average molecular weight is 550 g/mol. The number of nitrogens with zero attached hydrogens (tertiary/aromatic N) is 4. The first-order valence-corrected chi connectivity index (χ1v) is 14.7. The molecule has 0 saturated heterocycles. The van der Waals surface area contributed by atoms with Crippen LogP contribution in [0, 0.1) is 0 Å². The van der Waals surface area contributed by atoms with Gasteiger partial charge in [0.2, 0.25) is 0 Å². The van der Waals surface area contributed by atoms with E-state index in [1.807, 2.05) is 0 Å². The SMILES string of the molecule is c1ccc(B2c3nc4ccccc4n3B(c3ccccc3)N(c3ccccc3)c3ccccc3N2c2ccccc2)cc1. The zero-order valence-corrected chi connectivity index (χ0v) is 23.6. The predicted octanol–water partition coefficient (Wildman–Crippen LogP) is 6.38. The molecule has 1 aliphatic heterocycles. The van der Waals surface area contributed by atoms with Crippen molar-refractivity contribution in [2.24, 2.45) is 0 Å². The maximum absolute atomic E-state index is 5.46. The van der Waals surface area contributed by atoms with Crippen LogP contribution in [0.4, 0.5) is 22.7 Å². The van der Waals surface area contributed by atoms with E-state index in [4.69, 9.17) is 4.98 Å². The molecule has 8 rings (SSSR count). The third-order valence-corrected chi connectivity index (χ3v) is 8.30. The van der Waals surface area contributed by atoms with Gasteiger partial charge in [-0.15, -0.1) is 0 Å². The van der Waals surface area contributed by atoms with Crippen LogP contribution in [0.2, 0.25) is 0 Å². The number of anilines is 4. The molecule has 0 atom stereocenters. The zero-order valence-electron chi connectivity index (χ0n) is 23.6. The van der Waals surface area contributed by atoms with E-state index in [9.17, 15) is 0 Å². The third-order valence-electron chi connectivity index (χ3n) is 8.30. The van der Waals surface area contributed by atoms with Gasteiger partial charge >= 0.3 is 13.8 Å². The highest BCUT2D eigenvalue weighted by molar-refractivity contribution is 6.91. The lowest BCUT2D eigenvalue weighted by Crippen LogP contribution is -2.65. The van der Waals surface area contributed by atoms with E-state index in [1.54, 1.807) is 0 Å². The van der Waals surface area contributed by atoms with Crippen LogP contribution < -0.4 is 26.3 Å². The van der Waals surface area contributed by atoms with E-state index in [-0.39, 0.29) is 13.8 Å². The molecule has 0 bridgehead atoms. The Morgan fingerprint density at radius 3 is 1.51 bits per heavy atom. The van der Waals surface area contributed by atoms with Crippen molar-refractivity contribution in [1.29, 1.82) is 0 Å². The highest BCUT2D eigenvalue weighted by Gasteiger charge is 2.44. The summed E-state index contributed by atoms with van der Waals surface area (Å²) in [6.07, 6.45) is 0. The maximum Gasteiger partial charge on any atom is 0.421 e. The molecule has 0 spiro atoms. The summed E-state index contributed by atoms with van der Waals surface area (Å²) < 4.78 is 2.46. The minimum Gasteiger partial charge on any atom is -0.373 e. The molecule has 0 fully saturated rings. The molecule has 4 nitrogen and oxygen atoms in total. The first-order chi connectivity index (χ1) is 21.4. The summed E-state index contributed by atoms with van der Waals surface area (Å²) in [4.78, 5) is 10.4. The first kappa shape index (κ1) is 25.2. The van der Waals surface area contributed by atoms with Gasteiger partial charge in [0.05, 0.1) is 28.1 Å². The van der Waals surface area contributed by atoms with Crippen molar-refractivity contribution < 1.29 is 0 Å². The summed E-state index contributed by atoms with van der Waals surface area (Å²) in [7, 11) is 0. The van der Waals surface area contributed by atoms with Gasteiger partial charge < -0.3 is 14.1 Å². The summed E-state index contributed by atoms with van der Waals surface area (Å²) in [5.41, 5.74) is 9.88. The van der Waals surface area contributed by atoms with Gasteiger partial charge in [0.1, 0.15) is 0 Å². The van der Waals surface area contributed by atoms with Crippen LogP contribution in [-0.4, -0.2) is 23.3 Å². The molecule has 6 aromatic carbocycles. The molecule has 0 aliphatic carbocycles. The topological polar surface area (TPSA) is 24.3 Å². The van der Waals surface area contributed by atoms with E-state index in [0.717, 1.165) is 39.5 Å². The molecule has 0 saturated carbocycles. The Kier molecular flexibility index (Phi) is 6.30. The summed E-state index contributed by atoms with van der Waals surface area (Å²) in [5, 5.41) is 0. The van der Waals surface area contributed by atoms with Crippen LogP contribution >= 0.6 is 0 Å². The average Bonchev–Trinajstić information content (AvgIpc) is 3.45. The molecule has 2 heterocycles. The zero-order chi connectivity index (χ0) is 28.6. The van der Waals surface area contributed by atoms with E-state index >= 15 is 0 Å². The standard InChI is InChI=1S/C37H28B2N4/c1-5-17-29(18-6-1)38-37-40-33-25-13-14-26-34(33)43(37)39(30-19-7-2-8-20-30)42(32-23-11-4-12-24-32)36-28-16-15-27-35(36)41(38)31-21-9-3-10-22-31/h1-28H. The van der Waals surface area contributed by atoms with Crippen LogP contribution in [0.3, 0.4) is 0 Å². The van der Waals surface area contributed by atoms with Crippen LogP contribution in [0.5, 0.6) is 0 Å².